The Morgan fingerprint density at radius 1 is 1.19 bits per heavy atom. The van der Waals surface area contributed by atoms with E-state index in [1.54, 1.807) is 0 Å². The average molecular weight is 313 g/mol. The van der Waals surface area contributed by atoms with Crippen LogP contribution in [0.15, 0.2) is 0 Å². The van der Waals surface area contributed by atoms with Gasteiger partial charge in [0, 0.05) is 23.9 Å². The molecule has 3 rings (SSSR count). The molecule has 2 N–H and O–H groups in total. The number of hydrogen-bond acceptors (Lipinski definition) is 4. The minimum atomic E-state index is 0.160. The zero-order valence-corrected chi connectivity index (χ0v) is 14.6. The van der Waals surface area contributed by atoms with Gasteiger partial charge in [0.05, 0.1) is 5.60 Å². The lowest BCUT2D eigenvalue weighted by molar-refractivity contribution is -0.0949. The van der Waals surface area contributed by atoms with Gasteiger partial charge in [0.1, 0.15) is 0 Å². The Hall–Kier alpha value is 0.230. The number of hydrogen-bond donors (Lipinski definition) is 1. The maximum absolute atomic E-state index is 6.91. The third-order valence-corrected chi connectivity index (χ3v) is 7.56. The van der Waals surface area contributed by atoms with Crippen LogP contribution in [0.4, 0.5) is 0 Å². The van der Waals surface area contributed by atoms with Crippen LogP contribution in [0.1, 0.15) is 51.4 Å². The lowest BCUT2D eigenvalue weighted by Gasteiger charge is -2.52. The molecule has 122 valence electrons. The summed E-state index contributed by atoms with van der Waals surface area (Å²) in [6.07, 6.45) is 10.2. The van der Waals surface area contributed by atoms with E-state index in [1.807, 2.05) is 0 Å². The minimum absolute atomic E-state index is 0.160. The van der Waals surface area contributed by atoms with Crippen molar-refractivity contribution in [1.29, 1.82) is 0 Å². The second-order valence-corrected chi connectivity index (χ2v) is 8.78. The Labute approximate surface area is 134 Å². The molecule has 3 fully saturated rings. The molecule has 3 unspecified atom stereocenters. The second kappa shape index (κ2) is 6.38. The molecule has 3 nitrogen and oxygen atoms in total. The first-order chi connectivity index (χ1) is 10.1. The lowest BCUT2D eigenvalue weighted by atomic mass is 9.68. The van der Waals surface area contributed by atoms with Gasteiger partial charge in [-0.25, -0.2) is 0 Å². The van der Waals surface area contributed by atoms with Crippen LogP contribution in [0.3, 0.4) is 0 Å². The zero-order valence-electron chi connectivity index (χ0n) is 13.8. The molecule has 2 heterocycles. The van der Waals surface area contributed by atoms with E-state index in [9.17, 15) is 0 Å². The van der Waals surface area contributed by atoms with E-state index in [0.29, 0.717) is 12.0 Å². The highest BCUT2D eigenvalue weighted by Crippen LogP contribution is 2.45. The van der Waals surface area contributed by atoms with E-state index in [-0.39, 0.29) is 11.1 Å². The number of thioether (sulfide) groups is 1. The Morgan fingerprint density at radius 2 is 1.95 bits per heavy atom. The molecule has 0 aromatic carbocycles. The predicted octanol–water partition coefficient (Wildman–Crippen LogP) is 2.88. The van der Waals surface area contributed by atoms with Gasteiger partial charge < -0.3 is 15.4 Å². The smallest absolute Gasteiger partial charge is 0.0783 e. The van der Waals surface area contributed by atoms with Gasteiger partial charge in [-0.05, 0) is 57.9 Å². The van der Waals surface area contributed by atoms with Crippen LogP contribution in [0.25, 0.3) is 0 Å². The Morgan fingerprint density at radius 3 is 2.57 bits per heavy atom. The van der Waals surface area contributed by atoms with Crippen molar-refractivity contribution >= 4 is 11.8 Å². The van der Waals surface area contributed by atoms with Crippen LogP contribution >= 0.6 is 11.8 Å². The third kappa shape index (κ3) is 3.01. The van der Waals surface area contributed by atoms with Crippen LogP contribution in [-0.4, -0.2) is 54.3 Å². The van der Waals surface area contributed by atoms with Crippen LogP contribution < -0.4 is 5.73 Å². The van der Waals surface area contributed by atoms with E-state index in [0.717, 1.165) is 13.0 Å². The van der Waals surface area contributed by atoms with Crippen molar-refractivity contribution in [3.05, 3.63) is 0 Å². The molecule has 1 spiro atoms. The van der Waals surface area contributed by atoms with Gasteiger partial charge in [0.2, 0.25) is 0 Å². The van der Waals surface area contributed by atoms with Crippen molar-refractivity contribution in [2.75, 3.05) is 32.2 Å². The van der Waals surface area contributed by atoms with Gasteiger partial charge in [-0.15, -0.1) is 0 Å². The van der Waals surface area contributed by atoms with E-state index in [4.69, 9.17) is 10.5 Å². The van der Waals surface area contributed by atoms with Crippen LogP contribution in [0.2, 0.25) is 0 Å². The fourth-order valence-corrected chi connectivity index (χ4v) is 6.30. The largest absolute Gasteiger partial charge is 0.374 e. The summed E-state index contributed by atoms with van der Waals surface area (Å²) in [5.74, 6) is 3.09. The molecule has 21 heavy (non-hydrogen) atoms. The molecule has 0 radical (unpaired) electrons. The fourth-order valence-electron chi connectivity index (χ4n) is 4.92. The first-order valence-electron chi connectivity index (χ1n) is 8.73. The third-order valence-electron chi connectivity index (χ3n) is 6.34. The van der Waals surface area contributed by atoms with E-state index in [2.05, 4.69) is 30.8 Å². The molecule has 4 heteroatoms. The van der Waals surface area contributed by atoms with Gasteiger partial charge in [-0.1, -0.05) is 19.3 Å². The highest BCUT2D eigenvalue weighted by Gasteiger charge is 2.48. The maximum Gasteiger partial charge on any atom is 0.0783 e. The second-order valence-electron chi connectivity index (χ2n) is 7.67. The molecule has 0 aromatic heterocycles. The SMILES string of the molecule is CN(C)C1(C(N)C2CCOC3(CCSC3)C2)CCCCC1. The molecule has 0 amide bonds. The molecular formula is C17H32N2OS. The highest BCUT2D eigenvalue weighted by atomic mass is 32.2. The van der Waals surface area contributed by atoms with Crippen molar-refractivity contribution in [1.82, 2.24) is 4.90 Å². The molecule has 2 aliphatic heterocycles. The van der Waals surface area contributed by atoms with Crippen molar-refractivity contribution in [3.8, 4) is 0 Å². The summed E-state index contributed by atoms with van der Waals surface area (Å²) in [5, 5.41) is 0. The number of ether oxygens (including phenoxy) is 1. The number of nitrogens with zero attached hydrogens (tertiary/aromatic N) is 1. The number of rotatable bonds is 3. The first-order valence-corrected chi connectivity index (χ1v) is 9.88. The quantitative estimate of drug-likeness (QED) is 0.870. The topological polar surface area (TPSA) is 38.5 Å². The van der Waals surface area contributed by atoms with Gasteiger partial charge in [-0.3, -0.25) is 0 Å². The molecule has 2 saturated heterocycles. The van der Waals surface area contributed by atoms with E-state index in [1.165, 1.54) is 56.5 Å². The minimum Gasteiger partial charge on any atom is -0.374 e. The first kappa shape index (κ1) is 16.1. The molecule has 1 saturated carbocycles. The van der Waals surface area contributed by atoms with Gasteiger partial charge in [-0.2, -0.15) is 11.8 Å². The van der Waals surface area contributed by atoms with Crippen LogP contribution in [0, 0.1) is 5.92 Å². The summed E-state index contributed by atoms with van der Waals surface area (Å²) >= 11 is 2.06. The van der Waals surface area contributed by atoms with Crippen molar-refractivity contribution in [2.45, 2.75) is 68.5 Å². The molecule has 0 bridgehead atoms. The van der Waals surface area contributed by atoms with E-state index < -0.39 is 0 Å². The molecular weight excluding hydrogens is 280 g/mol. The summed E-state index contributed by atoms with van der Waals surface area (Å²) in [6.45, 7) is 0.919. The lowest BCUT2D eigenvalue weighted by Crippen LogP contribution is -2.62. The number of likely N-dealkylation sites (N-methyl/N-ethyl adjacent to an activating group) is 1. The maximum atomic E-state index is 6.91. The summed E-state index contributed by atoms with van der Waals surface area (Å²) in [6, 6.07) is 0.305. The van der Waals surface area contributed by atoms with Gasteiger partial charge in [0.15, 0.2) is 0 Å². The molecule has 1 aliphatic carbocycles. The Balaban J connectivity index is 1.74. The summed E-state index contributed by atoms with van der Waals surface area (Å²) in [4.78, 5) is 2.45. The van der Waals surface area contributed by atoms with Crippen molar-refractivity contribution < 1.29 is 4.74 Å². The van der Waals surface area contributed by atoms with Crippen LogP contribution in [-0.2, 0) is 4.74 Å². The molecule has 0 aromatic rings. The predicted molar refractivity (Wildman–Crippen MR) is 90.8 cm³/mol. The number of nitrogens with two attached hydrogens (primary N) is 1. The standard InChI is InChI=1S/C17H32N2OS/c1-19(2)17(7-4-3-5-8-17)15(18)14-6-10-20-16(12-14)9-11-21-13-16/h14-15H,3-13,18H2,1-2H3. The Kier molecular flexibility index (Phi) is 4.90. The van der Waals surface area contributed by atoms with Crippen molar-refractivity contribution in [3.63, 3.8) is 0 Å². The Bertz CT molecular complexity index is 349. The van der Waals surface area contributed by atoms with Crippen LogP contribution in [0.5, 0.6) is 0 Å². The highest BCUT2D eigenvalue weighted by molar-refractivity contribution is 7.99. The summed E-state index contributed by atoms with van der Waals surface area (Å²) in [7, 11) is 4.48. The van der Waals surface area contributed by atoms with Gasteiger partial charge >= 0.3 is 0 Å². The van der Waals surface area contributed by atoms with Gasteiger partial charge in [0.25, 0.3) is 0 Å². The molecule has 3 aliphatic rings. The summed E-state index contributed by atoms with van der Waals surface area (Å²) in [5.41, 5.74) is 7.30. The zero-order chi connectivity index (χ0) is 14.9. The average Bonchev–Trinajstić information content (AvgIpc) is 2.95. The fraction of sp³-hybridized carbons (Fsp3) is 1.00. The van der Waals surface area contributed by atoms with E-state index >= 15 is 0 Å². The molecule has 3 atom stereocenters. The monoisotopic (exact) mass is 312 g/mol. The normalized spacial score (nSPS) is 38.0. The van der Waals surface area contributed by atoms with Crippen molar-refractivity contribution in [2.24, 2.45) is 11.7 Å². The summed E-state index contributed by atoms with van der Waals surface area (Å²) < 4.78 is 6.20.